The number of carbonyl (C=O) groups is 2. The molecule has 0 atom stereocenters. The predicted molar refractivity (Wildman–Crippen MR) is 97.4 cm³/mol. The zero-order chi connectivity index (χ0) is 18.4. The van der Waals surface area contributed by atoms with E-state index in [9.17, 15) is 18.0 Å². The number of likely N-dealkylation sites (tertiary alicyclic amines) is 1. The maximum absolute atomic E-state index is 12.2. The maximum atomic E-state index is 12.2. The van der Waals surface area contributed by atoms with Crippen molar-refractivity contribution in [2.45, 2.75) is 37.1 Å². The van der Waals surface area contributed by atoms with Gasteiger partial charge in [-0.05, 0) is 37.1 Å². The van der Waals surface area contributed by atoms with Gasteiger partial charge in [0.25, 0.3) is 0 Å². The summed E-state index contributed by atoms with van der Waals surface area (Å²) in [4.78, 5) is 25.1. The maximum Gasteiger partial charge on any atom is 0.240 e. The number of hydrogen-bond donors (Lipinski definition) is 2. The third-order valence-electron chi connectivity index (χ3n) is 4.01. The predicted octanol–water partition coefficient (Wildman–Crippen LogP) is 1.24. The molecular formula is C16H22BrN3O4S. The lowest BCUT2D eigenvalue weighted by Gasteiger charge is -2.32. The smallest absolute Gasteiger partial charge is 0.240 e. The van der Waals surface area contributed by atoms with Gasteiger partial charge in [0.1, 0.15) is 0 Å². The van der Waals surface area contributed by atoms with Gasteiger partial charge in [-0.25, -0.2) is 13.1 Å². The summed E-state index contributed by atoms with van der Waals surface area (Å²) >= 11 is 3.26. The second-order valence-corrected chi connectivity index (χ2v) is 8.64. The van der Waals surface area contributed by atoms with Crippen LogP contribution in [0.5, 0.6) is 0 Å². The van der Waals surface area contributed by atoms with Crippen LogP contribution in [0.3, 0.4) is 0 Å². The monoisotopic (exact) mass is 431 g/mol. The third-order valence-corrected chi connectivity index (χ3v) is 6.02. The molecule has 1 saturated heterocycles. The second-order valence-electron chi connectivity index (χ2n) is 5.96. The summed E-state index contributed by atoms with van der Waals surface area (Å²) in [6.45, 7) is 2.68. The lowest BCUT2D eigenvalue weighted by molar-refractivity contribution is -0.132. The molecule has 2 N–H and O–H groups in total. The minimum atomic E-state index is -3.61. The summed E-state index contributed by atoms with van der Waals surface area (Å²) in [6, 6.07) is 6.41. The van der Waals surface area contributed by atoms with Crippen molar-refractivity contribution in [2.24, 2.45) is 0 Å². The Hall–Kier alpha value is -1.45. The Morgan fingerprint density at radius 2 is 1.80 bits per heavy atom. The minimum Gasteiger partial charge on any atom is -0.353 e. The Morgan fingerprint density at radius 1 is 1.20 bits per heavy atom. The van der Waals surface area contributed by atoms with Crippen LogP contribution in [0.25, 0.3) is 0 Å². The second kappa shape index (κ2) is 8.77. The number of piperidine rings is 1. The molecule has 25 heavy (non-hydrogen) atoms. The number of benzene rings is 1. The lowest BCUT2D eigenvalue weighted by Crippen LogP contribution is -2.46. The summed E-state index contributed by atoms with van der Waals surface area (Å²) < 4.78 is 27.6. The van der Waals surface area contributed by atoms with Crippen LogP contribution in [0.4, 0.5) is 0 Å². The van der Waals surface area contributed by atoms with Gasteiger partial charge in [-0.15, -0.1) is 0 Å². The Labute approximate surface area is 156 Å². The van der Waals surface area contributed by atoms with Crippen molar-refractivity contribution in [3.8, 4) is 0 Å². The molecule has 138 valence electrons. The number of sulfonamides is 1. The van der Waals surface area contributed by atoms with Crippen LogP contribution in [0.2, 0.25) is 0 Å². The van der Waals surface area contributed by atoms with E-state index in [1.54, 1.807) is 17.0 Å². The molecule has 0 bridgehead atoms. The van der Waals surface area contributed by atoms with Crippen LogP contribution in [-0.2, 0) is 19.6 Å². The molecule has 1 aliphatic heterocycles. The van der Waals surface area contributed by atoms with Crippen LogP contribution in [-0.4, -0.2) is 50.8 Å². The summed E-state index contributed by atoms with van der Waals surface area (Å²) in [5, 5.41) is 2.85. The molecule has 0 aliphatic carbocycles. The number of amides is 2. The summed E-state index contributed by atoms with van der Waals surface area (Å²) in [7, 11) is -3.61. The van der Waals surface area contributed by atoms with E-state index in [2.05, 4.69) is 26.0 Å². The first-order valence-corrected chi connectivity index (χ1v) is 10.4. The first-order valence-electron chi connectivity index (χ1n) is 8.08. The average molecular weight is 432 g/mol. The molecule has 1 aromatic rings. The number of nitrogens with one attached hydrogen (secondary N) is 2. The Morgan fingerprint density at radius 3 is 2.36 bits per heavy atom. The van der Waals surface area contributed by atoms with Gasteiger partial charge in [0.2, 0.25) is 21.8 Å². The largest absolute Gasteiger partial charge is 0.353 e. The van der Waals surface area contributed by atoms with E-state index in [-0.39, 0.29) is 35.7 Å². The first-order chi connectivity index (χ1) is 11.8. The summed E-state index contributed by atoms with van der Waals surface area (Å²) in [5.74, 6) is -0.146. The van der Waals surface area contributed by atoms with E-state index in [0.29, 0.717) is 13.1 Å². The van der Waals surface area contributed by atoms with E-state index in [4.69, 9.17) is 0 Å². The van der Waals surface area contributed by atoms with Crippen molar-refractivity contribution >= 4 is 37.8 Å². The molecule has 0 spiro atoms. The van der Waals surface area contributed by atoms with E-state index in [1.165, 1.54) is 19.1 Å². The molecule has 7 nitrogen and oxygen atoms in total. The third kappa shape index (κ3) is 6.09. The van der Waals surface area contributed by atoms with Crippen LogP contribution >= 0.6 is 15.9 Å². The molecule has 1 aromatic carbocycles. The van der Waals surface area contributed by atoms with Crippen molar-refractivity contribution in [3.05, 3.63) is 28.7 Å². The molecule has 0 unspecified atom stereocenters. The SMILES string of the molecule is CC(=O)NC1CCN(C(=O)CCNS(=O)(=O)c2ccc(Br)cc2)CC1. The van der Waals surface area contributed by atoms with Crippen LogP contribution in [0, 0.1) is 0 Å². The van der Waals surface area contributed by atoms with Crippen LogP contribution < -0.4 is 10.0 Å². The van der Waals surface area contributed by atoms with Gasteiger partial charge in [0.15, 0.2) is 0 Å². The highest BCUT2D eigenvalue weighted by Crippen LogP contribution is 2.15. The highest BCUT2D eigenvalue weighted by molar-refractivity contribution is 9.10. The molecule has 0 radical (unpaired) electrons. The van der Waals surface area contributed by atoms with Crippen molar-refractivity contribution in [1.82, 2.24) is 14.9 Å². The molecule has 1 aliphatic rings. The standard InChI is InChI=1S/C16H22BrN3O4S/c1-12(21)19-14-7-10-20(11-8-14)16(22)6-9-18-25(23,24)15-4-2-13(17)3-5-15/h2-5,14,18H,6-11H2,1H3,(H,19,21). The Balaban J connectivity index is 1.77. The van der Waals surface area contributed by atoms with Crippen molar-refractivity contribution < 1.29 is 18.0 Å². The Kier molecular flexibility index (Phi) is 6.97. The van der Waals surface area contributed by atoms with Gasteiger partial charge >= 0.3 is 0 Å². The molecule has 1 fully saturated rings. The van der Waals surface area contributed by atoms with E-state index in [0.717, 1.165) is 17.3 Å². The average Bonchev–Trinajstić information content (AvgIpc) is 2.55. The van der Waals surface area contributed by atoms with E-state index < -0.39 is 10.0 Å². The highest BCUT2D eigenvalue weighted by atomic mass is 79.9. The number of nitrogens with zero attached hydrogens (tertiary/aromatic N) is 1. The van der Waals surface area contributed by atoms with E-state index in [1.807, 2.05) is 0 Å². The zero-order valence-electron chi connectivity index (χ0n) is 14.0. The summed E-state index contributed by atoms with van der Waals surface area (Å²) in [6.07, 6.45) is 1.55. The zero-order valence-corrected chi connectivity index (χ0v) is 16.4. The first kappa shape index (κ1) is 19.9. The van der Waals surface area contributed by atoms with Gasteiger partial charge in [-0.2, -0.15) is 0 Å². The topological polar surface area (TPSA) is 95.6 Å². The van der Waals surface area contributed by atoms with Gasteiger partial charge in [-0.3, -0.25) is 9.59 Å². The minimum absolute atomic E-state index is 0.0584. The molecular weight excluding hydrogens is 410 g/mol. The van der Waals surface area contributed by atoms with Gasteiger partial charge in [0.05, 0.1) is 4.90 Å². The Bertz CT molecular complexity index is 713. The molecule has 9 heteroatoms. The van der Waals surface area contributed by atoms with Gasteiger partial charge in [0, 0.05) is 43.5 Å². The van der Waals surface area contributed by atoms with E-state index >= 15 is 0 Å². The number of halogens is 1. The number of carbonyl (C=O) groups excluding carboxylic acids is 2. The lowest BCUT2D eigenvalue weighted by atomic mass is 10.0. The fourth-order valence-electron chi connectivity index (χ4n) is 2.71. The fraction of sp³-hybridized carbons (Fsp3) is 0.500. The normalized spacial score (nSPS) is 15.8. The van der Waals surface area contributed by atoms with Gasteiger partial charge in [-0.1, -0.05) is 15.9 Å². The van der Waals surface area contributed by atoms with Crippen molar-refractivity contribution in [1.29, 1.82) is 0 Å². The van der Waals surface area contributed by atoms with Crippen molar-refractivity contribution in [2.75, 3.05) is 19.6 Å². The number of hydrogen-bond acceptors (Lipinski definition) is 4. The molecule has 0 aromatic heterocycles. The number of rotatable bonds is 6. The highest BCUT2D eigenvalue weighted by Gasteiger charge is 2.23. The molecule has 2 amide bonds. The van der Waals surface area contributed by atoms with Crippen molar-refractivity contribution in [3.63, 3.8) is 0 Å². The van der Waals surface area contributed by atoms with Gasteiger partial charge < -0.3 is 10.2 Å². The molecule has 2 rings (SSSR count). The quantitative estimate of drug-likeness (QED) is 0.707. The fourth-order valence-corrected chi connectivity index (χ4v) is 4.00. The van der Waals surface area contributed by atoms with Crippen LogP contribution in [0.1, 0.15) is 26.2 Å². The van der Waals surface area contributed by atoms with Crippen LogP contribution in [0.15, 0.2) is 33.6 Å². The summed E-state index contributed by atoms with van der Waals surface area (Å²) in [5.41, 5.74) is 0. The molecule has 0 saturated carbocycles. The molecule has 1 heterocycles.